The van der Waals surface area contributed by atoms with E-state index in [1.165, 1.54) is 38.5 Å². The van der Waals surface area contributed by atoms with E-state index in [4.69, 9.17) is 9.47 Å². The highest BCUT2D eigenvalue weighted by atomic mass is 16.7. The molecule has 1 unspecified atom stereocenters. The van der Waals surface area contributed by atoms with Gasteiger partial charge < -0.3 is 9.47 Å². The lowest BCUT2D eigenvalue weighted by molar-refractivity contribution is -0.214. The van der Waals surface area contributed by atoms with Crippen LogP contribution in [0.5, 0.6) is 0 Å². The topological polar surface area (TPSA) is 18.5 Å². The molecule has 4 aliphatic rings. The van der Waals surface area contributed by atoms with Gasteiger partial charge in [-0.25, -0.2) is 0 Å². The lowest BCUT2D eigenvalue weighted by atomic mass is 9.46. The number of fused-ring (bicyclic) bond motifs is 4. The van der Waals surface area contributed by atoms with Gasteiger partial charge in [-0.05, 0) is 110 Å². The van der Waals surface area contributed by atoms with Gasteiger partial charge in [-0.2, -0.15) is 0 Å². The largest absolute Gasteiger partial charge is 0.353 e. The van der Waals surface area contributed by atoms with E-state index >= 15 is 0 Å². The quantitative estimate of drug-likeness (QED) is 0.297. The van der Waals surface area contributed by atoms with Crippen molar-refractivity contribution in [1.29, 1.82) is 0 Å². The molecule has 1 aromatic rings. The van der Waals surface area contributed by atoms with Crippen molar-refractivity contribution in [1.82, 2.24) is 0 Å². The predicted molar refractivity (Wildman–Crippen MR) is 153 cm³/mol. The van der Waals surface area contributed by atoms with Crippen molar-refractivity contribution in [2.24, 2.45) is 34.0 Å². The van der Waals surface area contributed by atoms with Crippen molar-refractivity contribution in [3.63, 3.8) is 0 Å². The standard InChI is InChI=1S/C35H48O2/c1-8-36-25(3)37-32-21-23-35(7)30-20-22-34(6)28(24(2)14-15-26-12-10-9-11-13-26)17-18-29(34)27(30)16-19-31(35)33(32,4)5/h9-13,18,24-25,28,31-32H,8,16-17,19-23H2,1-7H3/t24-,25?,28-,31+,32+,34-,35-/m1/s1. The van der Waals surface area contributed by atoms with Gasteiger partial charge >= 0.3 is 0 Å². The van der Waals surface area contributed by atoms with E-state index < -0.39 is 0 Å². The van der Waals surface area contributed by atoms with Crippen molar-refractivity contribution in [2.75, 3.05) is 6.61 Å². The van der Waals surface area contributed by atoms with E-state index in [0.717, 1.165) is 12.0 Å². The Morgan fingerprint density at radius 1 is 0.973 bits per heavy atom. The number of benzene rings is 1. The molecule has 37 heavy (non-hydrogen) atoms. The molecule has 0 radical (unpaired) electrons. The average Bonchev–Trinajstić information content (AvgIpc) is 3.22. The van der Waals surface area contributed by atoms with E-state index in [2.05, 4.69) is 89.8 Å². The summed E-state index contributed by atoms with van der Waals surface area (Å²) in [6, 6.07) is 10.5. The zero-order valence-electron chi connectivity index (χ0n) is 24.3. The summed E-state index contributed by atoms with van der Waals surface area (Å²) in [4.78, 5) is 0. The van der Waals surface area contributed by atoms with Crippen LogP contribution in [-0.4, -0.2) is 19.0 Å². The molecule has 0 aliphatic heterocycles. The third-order valence-corrected chi connectivity index (χ3v) is 11.0. The van der Waals surface area contributed by atoms with Gasteiger partial charge in [-0.3, -0.25) is 0 Å². The van der Waals surface area contributed by atoms with Crippen LogP contribution in [0.1, 0.15) is 99.0 Å². The van der Waals surface area contributed by atoms with Crippen LogP contribution in [0.2, 0.25) is 0 Å². The van der Waals surface area contributed by atoms with E-state index in [-0.39, 0.29) is 28.6 Å². The molecule has 2 heteroatoms. The van der Waals surface area contributed by atoms with Crippen LogP contribution in [-0.2, 0) is 9.47 Å². The maximum absolute atomic E-state index is 6.50. The molecule has 0 N–H and O–H groups in total. The Bertz CT molecular complexity index is 1110. The molecular weight excluding hydrogens is 452 g/mol. The number of ether oxygens (including phenoxy) is 2. The van der Waals surface area contributed by atoms with E-state index in [0.29, 0.717) is 24.4 Å². The molecule has 0 saturated heterocycles. The second-order valence-corrected chi connectivity index (χ2v) is 13.3. The zero-order valence-corrected chi connectivity index (χ0v) is 24.3. The Hall–Kier alpha value is -1.82. The lowest BCUT2D eigenvalue weighted by Crippen LogP contribution is -2.54. The Morgan fingerprint density at radius 2 is 1.73 bits per heavy atom. The normalized spacial score (nSPS) is 35.9. The van der Waals surface area contributed by atoms with Gasteiger partial charge in [0, 0.05) is 18.1 Å². The number of hydrogen-bond acceptors (Lipinski definition) is 2. The minimum atomic E-state index is -0.125. The van der Waals surface area contributed by atoms with E-state index in [1.54, 1.807) is 16.7 Å². The van der Waals surface area contributed by atoms with Crippen molar-refractivity contribution in [3.05, 3.63) is 58.7 Å². The summed E-state index contributed by atoms with van der Waals surface area (Å²) in [5, 5.41) is 0. The molecular formula is C35H48O2. The third kappa shape index (κ3) is 4.55. The molecule has 0 aromatic heterocycles. The van der Waals surface area contributed by atoms with Crippen LogP contribution in [0.15, 0.2) is 53.1 Å². The smallest absolute Gasteiger partial charge is 0.155 e. The summed E-state index contributed by atoms with van der Waals surface area (Å²) in [6.45, 7) is 17.3. The first-order chi connectivity index (χ1) is 17.6. The first-order valence-corrected chi connectivity index (χ1v) is 14.9. The minimum absolute atomic E-state index is 0.125. The second-order valence-electron chi connectivity index (χ2n) is 13.3. The third-order valence-electron chi connectivity index (χ3n) is 11.0. The summed E-state index contributed by atoms with van der Waals surface area (Å²) < 4.78 is 12.3. The van der Waals surface area contributed by atoms with E-state index in [1.807, 2.05) is 6.92 Å². The van der Waals surface area contributed by atoms with Gasteiger partial charge in [-0.15, -0.1) is 0 Å². The molecule has 1 saturated carbocycles. The highest BCUT2D eigenvalue weighted by molar-refractivity contribution is 5.50. The Balaban J connectivity index is 1.38. The van der Waals surface area contributed by atoms with Crippen LogP contribution in [0.3, 0.4) is 0 Å². The van der Waals surface area contributed by atoms with Gasteiger partial charge in [-0.1, -0.05) is 76.3 Å². The van der Waals surface area contributed by atoms with Gasteiger partial charge in [0.1, 0.15) is 0 Å². The predicted octanol–water partition coefficient (Wildman–Crippen LogP) is 8.72. The Labute approximate surface area is 226 Å². The molecule has 0 heterocycles. The average molecular weight is 501 g/mol. The number of rotatable bonds is 5. The van der Waals surface area contributed by atoms with Crippen molar-refractivity contribution < 1.29 is 9.47 Å². The van der Waals surface area contributed by atoms with Crippen molar-refractivity contribution >= 4 is 0 Å². The highest BCUT2D eigenvalue weighted by Crippen LogP contribution is 2.66. The molecule has 5 rings (SSSR count). The summed E-state index contributed by atoms with van der Waals surface area (Å²) >= 11 is 0. The second kappa shape index (κ2) is 10.1. The molecule has 4 aliphatic carbocycles. The van der Waals surface area contributed by atoms with Crippen LogP contribution in [0.4, 0.5) is 0 Å². The fraction of sp³-hybridized carbons (Fsp3) is 0.657. The molecule has 2 nitrogen and oxygen atoms in total. The monoisotopic (exact) mass is 500 g/mol. The molecule has 200 valence electrons. The Morgan fingerprint density at radius 3 is 2.46 bits per heavy atom. The molecule has 7 atom stereocenters. The van der Waals surface area contributed by atoms with Crippen LogP contribution < -0.4 is 0 Å². The molecule has 0 amide bonds. The minimum Gasteiger partial charge on any atom is -0.353 e. The fourth-order valence-corrected chi connectivity index (χ4v) is 9.03. The van der Waals surface area contributed by atoms with Gasteiger partial charge in [0.25, 0.3) is 0 Å². The fourth-order valence-electron chi connectivity index (χ4n) is 9.03. The van der Waals surface area contributed by atoms with Crippen LogP contribution in [0.25, 0.3) is 0 Å². The van der Waals surface area contributed by atoms with Crippen molar-refractivity contribution in [3.8, 4) is 11.8 Å². The number of hydrogen-bond donors (Lipinski definition) is 0. The number of allylic oxidation sites excluding steroid dienone is 4. The first kappa shape index (κ1) is 26.8. The van der Waals surface area contributed by atoms with Gasteiger partial charge in [0.15, 0.2) is 6.29 Å². The lowest BCUT2D eigenvalue weighted by Gasteiger charge is -2.60. The highest BCUT2D eigenvalue weighted by Gasteiger charge is 2.58. The molecule has 0 bridgehead atoms. The molecule has 1 fully saturated rings. The summed E-state index contributed by atoms with van der Waals surface area (Å²) in [6.07, 6.45) is 11.3. The molecule has 0 spiro atoms. The van der Waals surface area contributed by atoms with Crippen molar-refractivity contribution in [2.45, 2.75) is 106 Å². The first-order valence-electron chi connectivity index (χ1n) is 14.9. The zero-order chi connectivity index (χ0) is 26.4. The van der Waals surface area contributed by atoms with Crippen LogP contribution >= 0.6 is 0 Å². The summed E-state index contributed by atoms with van der Waals surface area (Å²) in [7, 11) is 0. The maximum atomic E-state index is 6.50. The summed E-state index contributed by atoms with van der Waals surface area (Å²) in [5.41, 5.74) is 7.03. The SMILES string of the molecule is CCOC(C)O[C@H]1CC[C@]2(C)C3=C(CC[C@H]2C1(C)C)C1=CC[C@H]([C@H](C)C#Cc2ccccc2)[C@@]1(C)CC3. The molecule has 1 aromatic carbocycles. The van der Waals surface area contributed by atoms with Crippen LogP contribution in [0, 0.1) is 45.8 Å². The van der Waals surface area contributed by atoms with Gasteiger partial charge in [0.2, 0.25) is 0 Å². The van der Waals surface area contributed by atoms with E-state index in [9.17, 15) is 0 Å². The maximum Gasteiger partial charge on any atom is 0.155 e. The van der Waals surface area contributed by atoms with Gasteiger partial charge in [0.05, 0.1) is 6.10 Å². The summed E-state index contributed by atoms with van der Waals surface area (Å²) in [5.74, 6) is 8.76. The Kier molecular flexibility index (Phi) is 7.27.